The van der Waals surface area contributed by atoms with Gasteiger partial charge in [-0.05, 0) is 53.8 Å². The van der Waals surface area contributed by atoms with Gasteiger partial charge in [-0.2, -0.15) is 13.2 Å². The number of alkyl halides is 5. The van der Waals surface area contributed by atoms with E-state index in [-0.39, 0.29) is 48.8 Å². The average Bonchev–Trinajstić information content (AvgIpc) is 3.14. The lowest BCUT2D eigenvalue weighted by molar-refractivity contribution is -0.138. The van der Waals surface area contributed by atoms with Gasteiger partial charge in [0, 0.05) is 50.8 Å². The number of methoxy groups -OCH3 is 1. The highest BCUT2D eigenvalue weighted by molar-refractivity contribution is 6.10. The third-order valence-electron chi connectivity index (χ3n) is 8.42. The van der Waals surface area contributed by atoms with Crippen LogP contribution in [-0.2, 0) is 36.5 Å². The number of halogens is 5. The number of nitrogens with zero attached hydrogens (tertiary/aromatic N) is 4. The summed E-state index contributed by atoms with van der Waals surface area (Å²) >= 11 is 0. The zero-order valence-electron chi connectivity index (χ0n) is 21.9. The molecule has 2 aromatic carbocycles. The van der Waals surface area contributed by atoms with Gasteiger partial charge in [0.2, 0.25) is 0 Å². The maximum Gasteiger partial charge on any atom is 0.416 e. The second-order valence-electron chi connectivity index (χ2n) is 11.0. The summed E-state index contributed by atoms with van der Waals surface area (Å²) in [4.78, 5) is 14.9. The summed E-state index contributed by atoms with van der Waals surface area (Å²) in [6.45, 7) is -0.284. The van der Waals surface area contributed by atoms with Crippen LogP contribution in [-0.4, -0.2) is 46.4 Å². The van der Waals surface area contributed by atoms with Crippen molar-refractivity contribution in [1.82, 2.24) is 20.1 Å². The van der Waals surface area contributed by atoms with Gasteiger partial charge in [0.1, 0.15) is 12.2 Å². The van der Waals surface area contributed by atoms with E-state index in [9.17, 15) is 26.7 Å². The third kappa shape index (κ3) is 4.46. The molecule has 3 aromatic rings. The van der Waals surface area contributed by atoms with Crippen LogP contribution in [0.3, 0.4) is 0 Å². The minimum atomic E-state index is -4.68. The fourth-order valence-electron chi connectivity index (χ4n) is 6.03. The Morgan fingerprint density at radius 1 is 1.15 bits per heavy atom. The molecule has 12 heteroatoms. The van der Waals surface area contributed by atoms with Crippen LogP contribution in [0.15, 0.2) is 42.7 Å². The third-order valence-corrected chi connectivity index (χ3v) is 8.42. The summed E-state index contributed by atoms with van der Waals surface area (Å²) in [5.41, 5.74) is 0.0573. The molecule has 212 valence electrons. The Labute approximate surface area is 227 Å². The minimum Gasteiger partial charge on any atom is -0.381 e. The van der Waals surface area contributed by atoms with Crippen LogP contribution in [0.25, 0.3) is 0 Å². The van der Waals surface area contributed by atoms with Crippen LogP contribution < -0.4 is 10.2 Å². The van der Waals surface area contributed by atoms with E-state index in [2.05, 4.69) is 15.5 Å². The van der Waals surface area contributed by atoms with E-state index >= 15 is 0 Å². The number of ether oxygens (including phenoxy) is 1. The van der Waals surface area contributed by atoms with Crippen LogP contribution in [0, 0.1) is 5.92 Å². The zero-order valence-corrected chi connectivity index (χ0v) is 21.9. The zero-order chi connectivity index (χ0) is 28.4. The highest BCUT2D eigenvalue weighted by atomic mass is 19.4. The predicted octanol–water partition coefficient (Wildman–Crippen LogP) is 4.83. The Balaban J connectivity index is 1.30. The minimum absolute atomic E-state index is 0.00447. The summed E-state index contributed by atoms with van der Waals surface area (Å²) in [7, 11) is 3.49. The fraction of sp³-hybridized carbons (Fsp3) is 0.464. The molecule has 2 fully saturated rings. The van der Waals surface area contributed by atoms with Gasteiger partial charge < -0.3 is 19.5 Å². The molecule has 6 rings (SSSR count). The van der Waals surface area contributed by atoms with Gasteiger partial charge >= 0.3 is 6.18 Å². The van der Waals surface area contributed by atoms with Crippen LogP contribution in [0.5, 0.6) is 0 Å². The number of rotatable bonds is 8. The molecule has 0 bridgehead atoms. The number of nitrogens with one attached hydrogen (secondary N) is 1. The molecule has 1 unspecified atom stereocenters. The van der Waals surface area contributed by atoms with Crippen molar-refractivity contribution >= 4 is 11.6 Å². The van der Waals surface area contributed by atoms with Crippen LogP contribution >= 0.6 is 0 Å². The normalized spacial score (nSPS) is 25.2. The number of hydrogen-bond acceptors (Lipinski definition) is 5. The van der Waals surface area contributed by atoms with Crippen molar-refractivity contribution in [1.29, 1.82) is 0 Å². The molecule has 2 aliphatic carbocycles. The molecule has 1 aromatic heterocycles. The number of aryl methyl sites for hydroxylation is 1. The molecule has 2 saturated carbocycles. The maximum atomic E-state index is 14.1. The van der Waals surface area contributed by atoms with E-state index < -0.39 is 34.9 Å². The number of hydrogen-bond donors (Lipinski definition) is 1. The Bertz CT molecular complexity index is 1460. The first-order chi connectivity index (χ1) is 18.9. The topological polar surface area (TPSA) is 72.3 Å². The van der Waals surface area contributed by atoms with Crippen molar-refractivity contribution in [3.8, 4) is 0 Å². The summed E-state index contributed by atoms with van der Waals surface area (Å²) in [5.74, 6) is -3.32. The molecule has 0 spiro atoms. The molecule has 1 aliphatic heterocycles. The molecule has 40 heavy (non-hydrogen) atoms. The molecule has 3 aliphatic rings. The van der Waals surface area contributed by atoms with E-state index in [1.54, 1.807) is 25.6 Å². The Morgan fingerprint density at radius 2 is 1.90 bits per heavy atom. The Morgan fingerprint density at radius 3 is 2.52 bits per heavy atom. The molecular weight excluding hydrogens is 533 g/mol. The number of aromatic nitrogens is 3. The second kappa shape index (κ2) is 9.34. The van der Waals surface area contributed by atoms with Crippen LogP contribution in [0.1, 0.15) is 57.7 Å². The van der Waals surface area contributed by atoms with E-state index in [1.807, 2.05) is 23.7 Å². The SMILES string of the molecule is CO[C@H]1C[C@](c2cccc(N3Cc4c(cc(CNCC5CC5(F)F)cc4C(F)(F)F)C3=O)c2)(c2nncn2C)C1. The molecule has 0 radical (unpaired) electrons. The van der Waals surface area contributed by atoms with Gasteiger partial charge in [-0.3, -0.25) is 4.79 Å². The molecule has 1 N–H and O–H groups in total. The molecule has 0 saturated heterocycles. The standard InChI is InChI=1S/C28H28F5N5O2/c1-37-15-35-36-25(37)26(10-20(11-26)40-2)17-4-3-5-19(8-17)38-14-22-21(24(38)39)6-16(7-23(22)28(31,32)33)12-34-13-18-9-27(18,29)30/h3-8,15,18,20,34H,9-14H2,1-2H3/t18?,20-,26-. The monoisotopic (exact) mass is 561 g/mol. The van der Waals surface area contributed by atoms with E-state index in [4.69, 9.17) is 4.74 Å². The van der Waals surface area contributed by atoms with Crippen molar-refractivity contribution in [2.45, 2.75) is 56.0 Å². The van der Waals surface area contributed by atoms with E-state index in [0.29, 0.717) is 18.5 Å². The van der Waals surface area contributed by atoms with E-state index in [1.165, 1.54) is 11.0 Å². The molecule has 1 atom stereocenters. The van der Waals surface area contributed by atoms with Gasteiger partial charge in [-0.1, -0.05) is 12.1 Å². The smallest absolute Gasteiger partial charge is 0.381 e. The van der Waals surface area contributed by atoms with Crippen molar-refractivity contribution in [2.24, 2.45) is 13.0 Å². The highest BCUT2D eigenvalue weighted by Crippen LogP contribution is 2.50. The van der Waals surface area contributed by atoms with Crippen molar-refractivity contribution in [3.05, 3.63) is 76.4 Å². The Kier molecular flexibility index (Phi) is 6.26. The molecular formula is C28H28F5N5O2. The summed E-state index contributed by atoms with van der Waals surface area (Å²) in [5, 5.41) is 11.2. The van der Waals surface area contributed by atoms with Gasteiger partial charge in [-0.15, -0.1) is 10.2 Å². The first kappa shape index (κ1) is 26.8. The maximum absolute atomic E-state index is 14.1. The van der Waals surface area contributed by atoms with Crippen LogP contribution in [0.2, 0.25) is 0 Å². The number of amides is 1. The molecule has 1 amide bonds. The number of carbonyl (C=O) groups excluding carboxylic acids is 1. The second-order valence-corrected chi connectivity index (χ2v) is 11.0. The molecule has 7 nitrogen and oxygen atoms in total. The van der Waals surface area contributed by atoms with Crippen molar-refractivity contribution < 1.29 is 31.5 Å². The van der Waals surface area contributed by atoms with Gasteiger partial charge in [-0.25, -0.2) is 8.78 Å². The van der Waals surface area contributed by atoms with Crippen molar-refractivity contribution in [2.75, 3.05) is 18.6 Å². The summed E-state index contributed by atoms with van der Waals surface area (Å²) in [6.07, 6.45) is -1.98. The molecule has 2 heterocycles. The first-order valence-electron chi connectivity index (χ1n) is 13.0. The summed E-state index contributed by atoms with van der Waals surface area (Å²) in [6, 6.07) is 9.68. The number of fused-ring (bicyclic) bond motifs is 1. The van der Waals surface area contributed by atoms with Gasteiger partial charge in [0.25, 0.3) is 11.8 Å². The average molecular weight is 562 g/mol. The highest BCUT2D eigenvalue weighted by Gasteiger charge is 2.56. The fourth-order valence-corrected chi connectivity index (χ4v) is 6.03. The lowest BCUT2D eigenvalue weighted by atomic mass is 9.62. The van der Waals surface area contributed by atoms with Crippen molar-refractivity contribution in [3.63, 3.8) is 0 Å². The lowest BCUT2D eigenvalue weighted by Gasteiger charge is -2.46. The number of benzene rings is 2. The Hall–Kier alpha value is -3.38. The number of anilines is 1. The number of carbonyl (C=O) groups is 1. The van der Waals surface area contributed by atoms with Gasteiger partial charge in [0.05, 0.1) is 23.6 Å². The van der Waals surface area contributed by atoms with Crippen LogP contribution in [0.4, 0.5) is 27.6 Å². The lowest BCUT2D eigenvalue weighted by Crippen LogP contribution is -2.48. The predicted molar refractivity (Wildman–Crippen MR) is 135 cm³/mol. The summed E-state index contributed by atoms with van der Waals surface area (Å²) < 4.78 is 76.1. The quantitative estimate of drug-likeness (QED) is 0.399. The largest absolute Gasteiger partial charge is 0.416 e. The van der Waals surface area contributed by atoms with Gasteiger partial charge in [0.15, 0.2) is 0 Å². The first-order valence-corrected chi connectivity index (χ1v) is 13.0. The van der Waals surface area contributed by atoms with E-state index in [0.717, 1.165) is 17.5 Å².